The van der Waals surface area contributed by atoms with Crippen LogP contribution in [0.1, 0.15) is 37.7 Å². The van der Waals surface area contributed by atoms with Crippen LogP contribution in [0.2, 0.25) is 0 Å². The van der Waals surface area contributed by atoms with Gasteiger partial charge in [-0.15, -0.1) is 0 Å². The number of aromatic nitrogens is 1. The Morgan fingerprint density at radius 3 is 2.55 bits per heavy atom. The Balaban J connectivity index is 1.58. The second kappa shape index (κ2) is 9.69. The Hall–Kier alpha value is -3.28. The van der Waals surface area contributed by atoms with E-state index in [1.54, 1.807) is 7.11 Å². The summed E-state index contributed by atoms with van der Waals surface area (Å²) in [6.45, 7) is 0.226. The third-order valence-corrected chi connectivity index (χ3v) is 5.91. The van der Waals surface area contributed by atoms with Crippen LogP contribution in [0.25, 0.3) is 10.9 Å². The monoisotopic (exact) mass is 420 g/mol. The van der Waals surface area contributed by atoms with E-state index in [9.17, 15) is 9.59 Å². The molecule has 2 aromatic carbocycles. The summed E-state index contributed by atoms with van der Waals surface area (Å²) in [6, 6.07) is 16.8. The van der Waals surface area contributed by atoms with Gasteiger partial charge in [0.1, 0.15) is 11.5 Å². The average molecular weight is 421 g/mol. The minimum Gasteiger partial charge on any atom is -0.497 e. The minimum absolute atomic E-state index is 0.0418. The minimum atomic E-state index is -0.171. The molecule has 3 aromatic rings. The Morgan fingerprint density at radius 1 is 1.03 bits per heavy atom. The topological polar surface area (TPSA) is 71.6 Å². The van der Waals surface area contributed by atoms with E-state index in [0.717, 1.165) is 42.3 Å². The molecule has 0 spiro atoms. The maximum atomic E-state index is 13.2. The molecule has 0 unspecified atom stereocenters. The summed E-state index contributed by atoms with van der Waals surface area (Å²) >= 11 is 0. The molecule has 6 heteroatoms. The van der Waals surface area contributed by atoms with Gasteiger partial charge >= 0.3 is 0 Å². The van der Waals surface area contributed by atoms with Gasteiger partial charge in [0, 0.05) is 22.5 Å². The first kappa shape index (κ1) is 21.0. The van der Waals surface area contributed by atoms with Gasteiger partial charge in [-0.1, -0.05) is 37.5 Å². The Morgan fingerprint density at radius 2 is 1.81 bits per heavy atom. The fourth-order valence-electron chi connectivity index (χ4n) is 4.22. The molecule has 0 aliphatic heterocycles. The lowest BCUT2D eigenvalue weighted by atomic mass is 9.93. The number of pyridine rings is 1. The van der Waals surface area contributed by atoms with E-state index in [4.69, 9.17) is 9.47 Å². The highest BCUT2D eigenvalue weighted by molar-refractivity contribution is 5.81. The molecule has 0 radical (unpaired) electrons. The normalized spacial score (nSPS) is 14.4. The zero-order valence-electron chi connectivity index (χ0n) is 17.8. The van der Waals surface area contributed by atoms with Crippen LogP contribution in [0.4, 0.5) is 0 Å². The van der Waals surface area contributed by atoms with Gasteiger partial charge in [-0.05, 0) is 49.2 Å². The highest BCUT2D eigenvalue weighted by Crippen LogP contribution is 2.25. The van der Waals surface area contributed by atoms with Crippen molar-refractivity contribution in [3.05, 3.63) is 70.5 Å². The molecule has 0 saturated heterocycles. The number of nitrogens with zero attached hydrogens (tertiary/aromatic N) is 1. The van der Waals surface area contributed by atoms with Crippen molar-refractivity contribution < 1.29 is 14.3 Å². The number of carbonyl (C=O) groups excluding carboxylic acids is 1. The number of carbonyl (C=O) groups is 1. The molecule has 0 atom stereocenters. The molecule has 31 heavy (non-hydrogen) atoms. The van der Waals surface area contributed by atoms with Crippen LogP contribution >= 0.6 is 0 Å². The third-order valence-electron chi connectivity index (χ3n) is 5.91. The van der Waals surface area contributed by atoms with E-state index in [-0.39, 0.29) is 30.7 Å². The first-order chi connectivity index (χ1) is 15.1. The number of nitrogens with one attached hydrogen (secondary N) is 1. The first-order valence-electron chi connectivity index (χ1n) is 10.8. The molecule has 1 aliphatic carbocycles. The van der Waals surface area contributed by atoms with Crippen molar-refractivity contribution in [1.82, 2.24) is 9.88 Å². The first-order valence-corrected chi connectivity index (χ1v) is 10.8. The van der Waals surface area contributed by atoms with Gasteiger partial charge in [0.05, 0.1) is 13.7 Å². The summed E-state index contributed by atoms with van der Waals surface area (Å²) in [7, 11) is 1.62. The Kier molecular flexibility index (Phi) is 6.55. The standard InChI is InChI=1S/C25H28N2O4/c1-30-22-12-13-23-18(15-22)14-19(25(29)26-23)16-27(20-8-4-2-5-9-20)24(28)17-31-21-10-6-3-7-11-21/h3,6-7,10-15,20H,2,4-5,8-9,16-17H2,1H3,(H,26,29). The number of methoxy groups -OCH3 is 1. The lowest BCUT2D eigenvalue weighted by molar-refractivity contribution is -0.137. The lowest BCUT2D eigenvalue weighted by Crippen LogP contribution is -2.44. The third kappa shape index (κ3) is 5.08. The molecule has 4 rings (SSSR count). The number of hydrogen-bond acceptors (Lipinski definition) is 4. The summed E-state index contributed by atoms with van der Waals surface area (Å²) in [6.07, 6.45) is 5.29. The fraction of sp³-hybridized carbons (Fsp3) is 0.360. The molecule has 1 amide bonds. The molecule has 0 bridgehead atoms. The molecular formula is C25H28N2O4. The van der Waals surface area contributed by atoms with E-state index in [2.05, 4.69) is 4.98 Å². The Labute approximate surface area is 181 Å². The summed E-state index contributed by atoms with van der Waals surface area (Å²) in [5, 5.41) is 0.880. The fourth-order valence-corrected chi connectivity index (χ4v) is 4.22. The number of H-pyrrole nitrogens is 1. The molecule has 1 N–H and O–H groups in total. The second-order valence-corrected chi connectivity index (χ2v) is 7.99. The number of aromatic amines is 1. The van der Waals surface area contributed by atoms with Gasteiger partial charge in [-0.2, -0.15) is 0 Å². The molecule has 1 fully saturated rings. The van der Waals surface area contributed by atoms with E-state index >= 15 is 0 Å². The predicted molar refractivity (Wildman–Crippen MR) is 120 cm³/mol. The number of benzene rings is 2. The van der Waals surface area contributed by atoms with E-state index in [1.165, 1.54) is 6.42 Å². The van der Waals surface area contributed by atoms with Crippen LogP contribution in [-0.4, -0.2) is 35.5 Å². The number of para-hydroxylation sites is 1. The number of amides is 1. The second-order valence-electron chi connectivity index (χ2n) is 7.99. The van der Waals surface area contributed by atoms with Gasteiger partial charge in [-0.3, -0.25) is 9.59 Å². The smallest absolute Gasteiger partial charge is 0.261 e. The summed E-state index contributed by atoms with van der Waals surface area (Å²) < 4.78 is 11.0. The molecule has 1 heterocycles. The van der Waals surface area contributed by atoms with Crippen molar-refractivity contribution in [3.63, 3.8) is 0 Å². The maximum absolute atomic E-state index is 13.2. The molecule has 6 nitrogen and oxygen atoms in total. The van der Waals surface area contributed by atoms with Gasteiger partial charge in [0.25, 0.3) is 11.5 Å². The SMILES string of the molecule is COc1ccc2[nH]c(=O)c(CN(C(=O)COc3ccccc3)C3CCCCC3)cc2c1. The van der Waals surface area contributed by atoms with Crippen LogP contribution < -0.4 is 15.0 Å². The van der Waals surface area contributed by atoms with Gasteiger partial charge in [0.2, 0.25) is 0 Å². The van der Waals surface area contributed by atoms with Crippen molar-refractivity contribution in [1.29, 1.82) is 0 Å². The molecule has 1 aromatic heterocycles. The number of rotatable bonds is 7. The zero-order chi connectivity index (χ0) is 21.6. The molecule has 1 saturated carbocycles. The van der Waals surface area contributed by atoms with Gasteiger partial charge < -0.3 is 19.4 Å². The van der Waals surface area contributed by atoms with Crippen molar-refractivity contribution >= 4 is 16.8 Å². The lowest BCUT2D eigenvalue weighted by Gasteiger charge is -2.34. The van der Waals surface area contributed by atoms with Crippen molar-refractivity contribution in [3.8, 4) is 11.5 Å². The largest absolute Gasteiger partial charge is 0.497 e. The van der Waals surface area contributed by atoms with E-state index in [0.29, 0.717) is 11.3 Å². The predicted octanol–water partition coefficient (Wildman–Crippen LogP) is 4.28. The number of fused-ring (bicyclic) bond motifs is 1. The van der Waals surface area contributed by atoms with E-state index < -0.39 is 0 Å². The summed E-state index contributed by atoms with van der Waals surface area (Å²) in [5.41, 5.74) is 1.15. The summed E-state index contributed by atoms with van der Waals surface area (Å²) in [4.78, 5) is 30.7. The summed E-state index contributed by atoms with van der Waals surface area (Å²) in [5.74, 6) is 1.29. The van der Waals surface area contributed by atoms with Crippen LogP contribution in [0.5, 0.6) is 11.5 Å². The van der Waals surface area contributed by atoms with Crippen molar-refractivity contribution in [2.24, 2.45) is 0 Å². The van der Waals surface area contributed by atoms with Gasteiger partial charge in [0.15, 0.2) is 6.61 Å². The van der Waals surface area contributed by atoms with Gasteiger partial charge in [-0.25, -0.2) is 0 Å². The van der Waals surface area contributed by atoms with Crippen LogP contribution in [0.3, 0.4) is 0 Å². The Bertz CT molecular complexity index is 1090. The van der Waals surface area contributed by atoms with Crippen molar-refractivity contribution in [2.75, 3.05) is 13.7 Å². The number of ether oxygens (including phenoxy) is 2. The highest BCUT2D eigenvalue weighted by atomic mass is 16.5. The average Bonchev–Trinajstić information content (AvgIpc) is 2.82. The molecular weight excluding hydrogens is 392 g/mol. The van der Waals surface area contributed by atoms with E-state index in [1.807, 2.05) is 59.5 Å². The molecule has 1 aliphatic rings. The quantitative estimate of drug-likeness (QED) is 0.619. The van der Waals surface area contributed by atoms with Crippen LogP contribution in [0, 0.1) is 0 Å². The molecule has 162 valence electrons. The van der Waals surface area contributed by atoms with Crippen molar-refractivity contribution in [2.45, 2.75) is 44.7 Å². The maximum Gasteiger partial charge on any atom is 0.261 e. The van der Waals surface area contributed by atoms with Crippen LogP contribution in [-0.2, 0) is 11.3 Å². The number of hydrogen-bond donors (Lipinski definition) is 1. The highest BCUT2D eigenvalue weighted by Gasteiger charge is 2.26. The zero-order valence-corrected chi connectivity index (χ0v) is 17.8. The van der Waals surface area contributed by atoms with Crippen LogP contribution in [0.15, 0.2) is 59.4 Å².